The van der Waals surface area contributed by atoms with Gasteiger partial charge in [0.15, 0.2) is 0 Å². The SMILES string of the molecule is COC(=O)C1CCN(Cc2cncc(C)c2)C1. The second-order valence-electron chi connectivity index (χ2n) is 4.61. The first kappa shape index (κ1) is 12.0. The van der Waals surface area contributed by atoms with Crippen LogP contribution in [0.25, 0.3) is 0 Å². The average molecular weight is 234 g/mol. The second-order valence-corrected chi connectivity index (χ2v) is 4.61. The molecule has 4 nitrogen and oxygen atoms in total. The molecule has 0 N–H and O–H groups in total. The number of esters is 1. The molecule has 1 aliphatic heterocycles. The van der Waals surface area contributed by atoms with E-state index in [1.807, 2.05) is 19.3 Å². The molecule has 1 aromatic heterocycles. The van der Waals surface area contributed by atoms with Gasteiger partial charge in [-0.1, -0.05) is 6.07 Å². The summed E-state index contributed by atoms with van der Waals surface area (Å²) < 4.78 is 4.77. The van der Waals surface area contributed by atoms with Crippen molar-refractivity contribution < 1.29 is 9.53 Å². The van der Waals surface area contributed by atoms with E-state index in [9.17, 15) is 4.79 Å². The Hall–Kier alpha value is -1.42. The van der Waals surface area contributed by atoms with Crippen LogP contribution in [0, 0.1) is 12.8 Å². The smallest absolute Gasteiger partial charge is 0.310 e. The largest absolute Gasteiger partial charge is 0.469 e. The minimum atomic E-state index is -0.0881. The van der Waals surface area contributed by atoms with E-state index in [-0.39, 0.29) is 11.9 Å². The lowest BCUT2D eigenvalue weighted by Crippen LogP contribution is -2.23. The summed E-state index contributed by atoms with van der Waals surface area (Å²) in [6, 6.07) is 2.14. The Morgan fingerprint density at radius 1 is 1.59 bits per heavy atom. The van der Waals surface area contributed by atoms with Crippen molar-refractivity contribution in [2.24, 2.45) is 5.92 Å². The van der Waals surface area contributed by atoms with Gasteiger partial charge in [-0.3, -0.25) is 14.7 Å². The molecule has 0 aromatic carbocycles. The lowest BCUT2D eigenvalue weighted by Gasteiger charge is -2.15. The standard InChI is InChI=1S/C13H18N2O2/c1-10-5-11(7-14-6-10)8-15-4-3-12(9-15)13(16)17-2/h5-7,12H,3-4,8-9H2,1-2H3. The van der Waals surface area contributed by atoms with Crippen molar-refractivity contribution in [1.29, 1.82) is 0 Å². The summed E-state index contributed by atoms with van der Waals surface area (Å²) in [6.07, 6.45) is 4.63. The van der Waals surface area contributed by atoms with Gasteiger partial charge >= 0.3 is 5.97 Å². The maximum absolute atomic E-state index is 11.4. The highest BCUT2D eigenvalue weighted by Gasteiger charge is 2.28. The monoisotopic (exact) mass is 234 g/mol. The average Bonchev–Trinajstić information content (AvgIpc) is 2.76. The molecule has 0 saturated carbocycles. The van der Waals surface area contributed by atoms with E-state index >= 15 is 0 Å². The van der Waals surface area contributed by atoms with Crippen LogP contribution < -0.4 is 0 Å². The molecule has 0 spiro atoms. The molecule has 2 rings (SSSR count). The van der Waals surface area contributed by atoms with Crippen molar-refractivity contribution in [3.8, 4) is 0 Å². The summed E-state index contributed by atoms with van der Waals surface area (Å²) in [5.74, 6) is -0.0485. The number of ether oxygens (including phenoxy) is 1. The van der Waals surface area contributed by atoms with Crippen LogP contribution in [0.5, 0.6) is 0 Å². The van der Waals surface area contributed by atoms with E-state index in [0.29, 0.717) is 0 Å². The van der Waals surface area contributed by atoms with Crippen molar-refractivity contribution in [3.05, 3.63) is 29.6 Å². The van der Waals surface area contributed by atoms with Crippen LogP contribution in [0.15, 0.2) is 18.5 Å². The topological polar surface area (TPSA) is 42.4 Å². The van der Waals surface area contributed by atoms with Gasteiger partial charge in [-0.15, -0.1) is 0 Å². The maximum atomic E-state index is 11.4. The Morgan fingerprint density at radius 2 is 2.41 bits per heavy atom. The van der Waals surface area contributed by atoms with Crippen molar-refractivity contribution >= 4 is 5.97 Å². The van der Waals surface area contributed by atoms with Gasteiger partial charge in [0.2, 0.25) is 0 Å². The third kappa shape index (κ3) is 3.03. The Bertz CT molecular complexity index is 406. The maximum Gasteiger partial charge on any atom is 0.310 e. The number of nitrogens with zero attached hydrogens (tertiary/aromatic N) is 2. The predicted octanol–water partition coefficient (Wildman–Crippen LogP) is 1.38. The number of rotatable bonds is 3. The van der Waals surface area contributed by atoms with E-state index in [0.717, 1.165) is 26.1 Å². The Morgan fingerprint density at radius 3 is 3.12 bits per heavy atom. The normalized spacial score (nSPS) is 20.5. The van der Waals surface area contributed by atoms with Gasteiger partial charge in [-0.25, -0.2) is 0 Å². The molecule has 17 heavy (non-hydrogen) atoms. The van der Waals surface area contributed by atoms with Crippen LogP contribution in [0.3, 0.4) is 0 Å². The molecule has 4 heteroatoms. The zero-order chi connectivity index (χ0) is 12.3. The fourth-order valence-electron chi connectivity index (χ4n) is 2.30. The fraction of sp³-hybridized carbons (Fsp3) is 0.538. The second kappa shape index (κ2) is 5.27. The lowest BCUT2D eigenvalue weighted by atomic mass is 10.1. The lowest BCUT2D eigenvalue weighted by molar-refractivity contribution is -0.144. The zero-order valence-electron chi connectivity index (χ0n) is 10.3. The molecule has 0 amide bonds. The molecular weight excluding hydrogens is 216 g/mol. The highest BCUT2D eigenvalue weighted by Crippen LogP contribution is 2.19. The number of hydrogen-bond donors (Lipinski definition) is 0. The Kier molecular flexibility index (Phi) is 3.74. The van der Waals surface area contributed by atoms with Crippen molar-refractivity contribution in [2.75, 3.05) is 20.2 Å². The number of aromatic nitrogens is 1. The molecule has 0 bridgehead atoms. The quantitative estimate of drug-likeness (QED) is 0.741. The summed E-state index contributed by atoms with van der Waals surface area (Å²) in [4.78, 5) is 17.9. The first-order valence-electron chi connectivity index (χ1n) is 5.90. The molecule has 1 fully saturated rings. The number of carbonyl (C=O) groups excluding carboxylic acids is 1. The molecule has 0 aliphatic carbocycles. The molecule has 0 radical (unpaired) electrons. The molecule has 2 heterocycles. The number of pyridine rings is 1. The molecule has 1 aromatic rings. The van der Waals surface area contributed by atoms with Crippen LogP contribution in [-0.2, 0) is 16.1 Å². The van der Waals surface area contributed by atoms with Crippen LogP contribution in [0.4, 0.5) is 0 Å². The van der Waals surface area contributed by atoms with Gasteiger partial charge in [-0.2, -0.15) is 0 Å². The number of hydrogen-bond acceptors (Lipinski definition) is 4. The van der Waals surface area contributed by atoms with Gasteiger partial charge in [0.05, 0.1) is 13.0 Å². The summed E-state index contributed by atoms with van der Waals surface area (Å²) in [6.45, 7) is 4.65. The number of carbonyl (C=O) groups is 1. The van der Waals surface area contributed by atoms with E-state index in [4.69, 9.17) is 4.74 Å². The van der Waals surface area contributed by atoms with E-state index in [1.165, 1.54) is 18.2 Å². The number of aryl methyl sites for hydroxylation is 1. The van der Waals surface area contributed by atoms with Crippen molar-refractivity contribution in [2.45, 2.75) is 19.9 Å². The van der Waals surface area contributed by atoms with E-state index in [1.54, 1.807) is 0 Å². The van der Waals surface area contributed by atoms with Gasteiger partial charge in [0.1, 0.15) is 0 Å². The molecular formula is C13H18N2O2. The molecule has 1 atom stereocenters. The number of likely N-dealkylation sites (tertiary alicyclic amines) is 1. The van der Waals surface area contributed by atoms with Crippen molar-refractivity contribution in [1.82, 2.24) is 9.88 Å². The third-order valence-corrected chi connectivity index (χ3v) is 3.14. The first-order valence-corrected chi connectivity index (χ1v) is 5.90. The van der Waals surface area contributed by atoms with Gasteiger partial charge < -0.3 is 4.74 Å². The molecule has 1 saturated heterocycles. The minimum Gasteiger partial charge on any atom is -0.469 e. The van der Waals surface area contributed by atoms with Gasteiger partial charge in [0, 0.05) is 25.5 Å². The molecule has 92 valence electrons. The highest BCUT2D eigenvalue weighted by molar-refractivity contribution is 5.72. The molecule has 1 aliphatic rings. The van der Waals surface area contributed by atoms with Crippen molar-refractivity contribution in [3.63, 3.8) is 0 Å². The first-order chi connectivity index (χ1) is 8.19. The van der Waals surface area contributed by atoms with E-state index in [2.05, 4.69) is 16.0 Å². The summed E-state index contributed by atoms with van der Waals surface area (Å²) in [7, 11) is 1.45. The Balaban J connectivity index is 1.92. The zero-order valence-corrected chi connectivity index (χ0v) is 10.3. The number of methoxy groups -OCH3 is 1. The summed E-state index contributed by atoms with van der Waals surface area (Å²) >= 11 is 0. The highest BCUT2D eigenvalue weighted by atomic mass is 16.5. The Labute approximate surface area is 102 Å². The predicted molar refractivity (Wildman–Crippen MR) is 64.4 cm³/mol. The summed E-state index contributed by atoms with van der Waals surface area (Å²) in [5.41, 5.74) is 2.38. The van der Waals surface area contributed by atoms with Gasteiger partial charge in [0.25, 0.3) is 0 Å². The minimum absolute atomic E-state index is 0.0396. The third-order valence-electron chi connectivity index (χ3n) is 3.14. The van der Waals surface area contributed by atoms with Crippen LogP contribution in [-0.4, -0.2) is 36.1 Å². The molecule has 1 unspecified atom stereocenters. The summed E-state index contributed by atoms with van der Waals surface area (Å²) in [5, 5.41) is 0. The van der Waals surface area contributed by atoms with Crippen LogP contribution in [0.2, 0.25) is 0 Å². The van der Waals surface area contributed by atoms with Crippen LogP contribution in [0.1, 0.15) is 17.5 Å². The van der Waals surface area contributed by atoms with Gasteiger partial charge in [-0.05, 0) is 31.0 Å². The fourth-order valence-corrected chi connectivity index (χ4v) is 2.30. The van der Waals surface area contributed by atoms with Crippen LogP contribution >= 0.6 is 0 Å². The van der Waals surface area contributed by atoms with E-state index < -0.39 is 0 Å².